The number of esters is 1. The molecule has 0 bridgehead atoms. The summed E-state index contributed by atoms with van der Waals surface area (Å²) in [5.74, 6) is 0.402. The maximum absolute atomic E-state index is 11.7. The van der Waals surface area contributed by atoms with Crippen LogP contribution in [0, 0.1) is 0 Å². The van der Waals surface area contributed by atoms with Gasteiger partial charge < -0.3 is 19.5 Å². The maximum atomic E-state index is 11.7. The van der Waals surface area contributed by atoms with Gasteiger partial charge in [-0.2, -0.15) is 11.3 Å². The molecule has 0 atom stereocenters. The van der Waals surface area contributed by atoms with Crippen LogP contribution < -0.4 is 14.8 Å². The topological polar surface area (TPSA) is 73.9 Å². The summed E-state index contributed by atoms with van der Waals surface area (Å²) in [7, 11) is 3.15. The molecule has 7 heteroatoms. The van der Waals surface area contributed by atoms with E-state index in [-0.39, 0.29) is 12.5 Å². The highest BCUT2D eigenvalue weighted by atomic mass is 32.1. The predicted octanol–water partition coefficient (Wildman–Crippen LogP) is 2.68. The first-order chi connectivity index (χ1) is 12.6. The molecular formula is C19H21NO5S. The third kappa shape index (κ3) is 6.25. The molecule has 1 amide bonds. The summed E-state index contributed by atoms with van der Waals surface area (Å²) in [6.07, 6.45) is 3.57. The van der Waals surface area contributed by atoms with Crippen molar-refractivity contribution in [2.24, 2.45) is 0 Å². The van der Waals surface area contributed by atoms with Crippen molar-refractivity contribution >= 4 is 29.3 Å². The van der Waals surface area contributed by atoms with Crippen molar-refractivity contribution in [1.82, 2.24) is 5.32 Å². The van der Waals surface area contributed by atoms with E-state index in [0.717, 1.165) is 11.1 Å². The van der Waals surface area contributed by atoms with E-state index < -0.39 is 5.97 Å². The van der Waals surface area contributed by atoms with E-state index in [4.69, 9.17) is 14.2 Å². The second kappa shape index (κ2) is 10.2. The van der Waals surface area contributed by atoms with Gasteiger partial charge in [0.15, 0.2) is 18.1 Å². The molecule has 0 aliphatic carbocycles. The summed E-state index contributed by atoms with van der Waals surface area (Å²) in [6.45, 7) is 0.120. The van der Waals surface area contributed by atoms with Crippen molar-refractivity contribution < 1.29 is 23.8 Å². The molecule has 2 aromatic rings. The van der Waals surface area contributed by atoms with Gasteiger partial charge in [0.2, 0.25) is 0 Å². The van der Waals surface area contributed by atoms with Crippen LogP contribution in [-0.4, -0.2) is 39.2 Å². The SMILES string of the molecule is COc1ccc(CCNC(=O)COC(=O)/C=C/c2ccsc2)cc1OC. The molecule has 1 aromatic heterocycles. The lowest BCUT2D eigenvalue weighted by Gasteiger charge is -2.10. The normalized spacial score (nSPS) is 10.5. The third-order valence-corrected chi connectivity index (χ3v) is 4.19. The summed E-state index contributed by atoms with van der Waals surface area (Å²) < 4.78 is 15.3. The fourth-order valence-electron chi connectivity index (χ4n) is 2.15. The Kier molecular flexibility index (Phi) is 7.70. The Morgan fingerprint density at radius 2 is 1.96 bits per heavy atom. The number of thiophene rings is 1. The lowest BCUT2D eigenvalue weighted by Crippen LogP contribution is -2.30. The van der Waals surface area contributed by atoms with Crippen LogP contribution in [0.1, 0.15) is 11.1 Å². The van der Waals surface area contributed by atoms with E-state index in [9.17, 15) is 9.59 Å². The van der Waals surface area contributed by atoms with Gasteiger partial charge in [0.25, 0.3) is 5.91 Å². The largest absolute Gasteiger partial charge is 0.493 e. The van der Waals surface area contributed by atoms with Gasteiger partial charge in [-0.15, -0.1) is 0 Å². The highest BCUT2D eigenvalue weighted by Gasteiger charge is 2.07. The minimum atomic E-state index is -0.550. The van der Waals surface area contributed by atoms with Crippen LogP contribution in [0.5, 0.6) is 11.5 Å². The number of hydrogen-bond donors (Lipinski definition) is 1. The van der Waals surface area contributed by atoms with Crippen LogP contribution in [-0.2, 0) is 20.7 Å². The average molecular weight is 375 g/mol. The van der Waals surface area contributed by atoms with Gasteiger partial charge in [0.05, 0.1) is 14.2 Å². The standard InChI is InChI=1S/C19H21NO5S/c1-23-16-5-3-14(11-17(16)24-2)7-9-20-18(21)12-25-19(22)6-4-15-8-10-26-13-15/h3-6,8,10-11,13H,7,9,12H2,1-2H3,(H,20,21)/b6-4+. The molecule has 0 unspecified atom stereocenters. The van der Waals surface area contributed by atoms with Crippen LogP contribution in [0.15, 0.2) is 41.1 Å². The zero-order valence-electron chi connectivity index (χ0n) is 14.7. The summed E-state index contributed by atoms with van der Waals surface area (Å²) in [4.78, 5) is 23.3. The van der Waals surface area contributed by atoms with E-state index >= 15 is 0 Å². The first-order valence-corrected chi connectivity index (χ1v) is 8.91. The van der Waals surface area contributed by atoms with E-state index in [0.29, 0.717) is 24.5 Å². The van der Waals surface area contributed by atoms with Gasteiger partial charge in [-0.3, -0.25) is 4.79 Å². The second-order valence-electron chi connectivity index (χ2n) is 5.29. The lowest BCUT2D eigenvalue weighted by molar-refractivity contribution is -0.143. The number of methoxy groups -OCH3 is 2. The van der Waals surface area contributed by atoms with Crippen molar-refractivity contribution in [2.75, 3.05) is 27.4 Å². The Balaban J connectivity index is 1.69. The van der Waals surface area contributed by atoms with Gasteiger partial charge in [-0.25, -0.2) is 4.79 Å². The van der Waals surface area contributed by atoms with Gasteiger partial charge >= 0.3 is 5.97 Å². The molecule has 1 aromatic carbocycles. The molecule has 0 aliphatic rings. The summed E-state index contributed by atoms with van der Waals surface area (Å²) in [5, 5.41) is 6.53. The Labute approximate surface area is 156 Å². The molecule has 6 nitrogen and oxygen atoms in total. The summed E-state index contributed by atoms with van der Waals surface area (Å²) >= 11 is 1.54. The zero-order valence-corrected chi connectivity index (χ0v) is 15.5. The van der Waals surface area contributed by atoms with Crippen LogP contribution in [0.4, 0.5) is 0 Å². The molecule has 0 spiro atoms. The first kappa shape index (κ1) is 19.5. The van der Waals surface area contributed by atoms with Crippen LogP contribution in [0.25, 0.3) is 6.08 Å². The molecule has 0 radical (unpaired) electrons. The van der Waals surface area contributed by atoms with Gasteiger partial charge in [-0.1, -0.05) is 6.07 Å². The molecule has 26 heavy (non-hydrogen) atoms. The van der Waals surface area contributed by atoms with Crippen molar-refractivity contribution in [3.05, 3.63) is 52.2 Å². The minimum Gasteiger partial charge on any atom is -0.493 e. The fraction of sp³-hybridized carbons (Fsp3) is 0.263. The quantitative estimate of drug-likeness (QED) is 0.539. The van der Waals surface area contributed by atoms with E-state index in [1.54, 1.807) is 20.3 Å². The molecular weight excluding hydrogens is 354 g/mol. The highest BCUT2D eigenvalue weighted by Crippen LogP contribution is 2.27. The molecule has 138 valence electrons. The van der Waals surface area contributed by atoms with Crippen molar-refractivity contribution in [3.8, 4) is 11.5 Å². The zero-order chi connectivity index (χ0) is 18.8. The lowest BCUT2D eigenvalue weighted by atomic mass is 10.1. The highest BCUT2D eigenvalue weighted by molar-refractivity contribution is 7.08. The summed E-state index contributed by atoms with van der Waals surface area (Å²) in [6, 6.07) is 7.47. The van der Waals surface area contributed by atoms with Crippen LogP contribution in [0.3, 0.4) is 0 Å². The summed E-state index contributed by atoms with van der Waals surface area (Å²) in [5.41, 5.74) is 1.92. The maximum Gasteiger partial charge on any atom is 0.331 e. The number of amides is 1. The van der Waals surface area contributed by atoms with Crippen LogP contribution in [0.2, 0.25) is 0 Å². The van der Waals surface area contributed by atoms with E-state index in [1.165, 1.54) is 17.4 Å². The molecule has 0 saturated carbocycles. The van der Waals surface area contributed by atoms with E-state index in [2.05, 4.69) is 5.32 Å². The Morgan fingerprint density at radius 1 is 1.15 bits per heavy atom. The second-order valence-corrected chi connectivity index (χ2v) is 6.07. The fourth-order valence-corrected chi connectivity index (χ4v) is 2.78. The average Bonchev–Trinajstić information content (AvgIpc) is 3.18. The minimum absolute atomic E-state index is 0.307. The number of ether oxygens (including phenoxy) is 3. The molecule has 2 rings (SSSR count). The van der Waals surface area contributed by atoms with Crippen molar-refractivity contribution in [3.63, 3.8) is 0 Å². The number of rotatable bonds is 9. The molecule has 1 N–H and O–H groups in total. The monoisotopic (exact) mass is 375 g/mol. The Bertz CT molecular complexity index is 755. The smallest absolute Gasteiger partial charge is 0.331 e. The number of hydrogen-bond acceptors (Lipinski definition) is 6. The van der Waals surface area contributed by atoms with Gasteiger partial charge in [-0.05, 0) is 52.6 Å². The first-order valence-electron chi connectivity index (χ1n) is 7.97. The Morgan fingerprint density at radius 3 is 2.65 bits per heavy atom. The number of nitrogens with one attached hydrogen (secondary N) is 1. The number of carbonyl (C=O) groups excluding carboxylic acids is 2. The third-order valence-electron chi connectivity index (χ3n) is 3.48. The molecule has 1 heterocycles. The van der Waals surface area contributed by atoms with Crippen molar-refractivity contribution in [2.45, 2.75) is 6.42 Å². The number of benzene rings is 1. The van der Waals surface area contributed by atoms with Crippen LogP contribution >= 0.6 is 11.3 Å². The predicted molar refractivity (Wildman–Crippen MR) is 101 cm³/mol. The Hall–Kier alpha value is -2.80. The van der Waals surface area contributed by atoms with Crippen molar-refractivity contribution in [1.29, 1.82) is 0 Å². The molecule has 0 fully saturated rings. The molecule has 0 saturated heterocycles. The number of carbonyl (C=O) groups is 2. The van der Waals surface area contributed by atoms with Gasteiger partial charge in [0, 0.05) is 12.6 Å². The van der Waals surface area contributed by atoms with E-state index in [1.807, 2.05) is 35.0 Å². The molecule has 0 aliphatic heterocycles. The van der Waals surface area contributed by atoms with Gasteiger partial charge in [0.1, 0.15) is 0 Å².